The molecule has 2 aliphatic rings. The van der Waals surface area contributed by atoms with E-state index in [1.165, 1.54) is 0 Å². The van der Waals surface area contributed by atoms with Crippen LogP contribution in [0.15, 0.2) is 127 Å². The van der Waals surface area contributed by atoms with E-state index < -0.39 is 0 Å². The zero-order valence-electron chi connectivity index (χ0n) is 30.1. The number of hydrogen-bond acceptors (Lipinski definition) is 5. The molecular weight excluding hydrogens is 669 g/mol. The van der Waals surface area contributed by atoms with Crippen molar-refractivity contribution < 1.29 is 14.2 Å². The van der Waals surface area contributed by atoms with E-state index in [2.05, 4.69) is 131 Å². The second-order valence-electron chi connectivity index (χ2n) is 13.0. The third-order valence-electron chi connectivity index (χ3n) is 9.89. The highest BCUT2D eigenvalue weighted by Crippen LogP contribution is 2.44. The van der Waals surface area contributed by atoms with Crippen LogP contribution < -0.4 is 14.2 Å². The van der Waals surface area contributed by atoms with Crippen LogP contribution >= 0.6 is 0 Å². The highest BCUT2D eigenvalue weighted by molar-refractivity contribution is 6.00. The first kappa shape index (κ1) is 32.8. The number of aromatic nitrogens is 4. The van der Waals surface area contributed by atoms with Crippen LogP contribution in [0.5, 0.6) is 17.2 Å². The number of aromatic amines is 2. The number of ether oxygens (including phenoxy) is 3. The lowest BCUT2D eigenvalue weighted by Crippen LogP contribution is -1.96. The van der Waals surface area contributed by atoms with Crippen LogP contribution in [0.2, 0.25) is 0 Å². The van der Waals surface area contributed by atoms with E-state index >= 15 is 0 Å². The van der Waals surface area contributed by atoms with Gasteiger partial charge in [0.05, 0.1) is 44.1 Å². The molecule has 5 heterocycles. The predicted octanol–water partition coefficient (Wildman–Crippen LogP) is 11.3. The van der Waals surface area contributed by atoms with Crippen molar-refractivity contribution in [2.45, 2.75) is 0 Å². The minimum absolute atomic E-state index is 0.527. The average Bonchev–Trinajstić information content (AvgIpc) is 4.07. The van der Waals surface area contributed by atoms with Gasteiger partial charge < -0.3 is 24.2 Å². The molecule has 0 atom stereocenters. The van der Waals surface area contributed by atoms with Crippen LogP contribution in [0.4, 0.5) is 0 Å². The van der Waals surface area contributed by atoms with Crippen LogP contribution in [-0.4, -0.2) is 41.3 Å². The molecule has 3 aromatic heterocycles. The van der Waals surface area contributed by atoms with Gasteiger partial charge in [0.25, 0.3) is 0 Å². The maximum Gasteiger partial charge on any atom is 0.203 e. The average molecular weight is 705 g/mol. The third kappa shape index (κ3) is 5.72. The lowest BCUT2D eigenvalue weighted by Gasteiger charge is -2.14. The van der Waals surface area contributed by atoms with E-state index in [0.717, 1.165) is 89.4 Å². The van der Waals surface area contributed by atoms with E-state index in [-0.39, 0.29) is 0 Å². The summed E-state index contributed by atoms with van der Waals surface area (Å²) in [7, 11) is 4.88. The number of fused-ring (bicyclic) bond motifs is 8. The Balaban J connectivity index is 1.48. The van der Waals surface area contributed by atoms with Gasteiger partial charge in [0, 0.05) is 44.3 Å². The Labute approximate surface area is 312 Å². The molecule has 0 saturated heterocycles. The molecule has 0 aliphatic carbocycles. The number of nitrogens with zero attached hydrogens (tertiary/aromatic N) is 2. The first-order valence-electron chi connectivity index (χ1n) is 17.8. The highest BCUT2D eigenvalue weighted by Gasteiger charge is 2.21. The third-order valence-corrected chi connectivity index (χ3v) is 9.89. The molecule has 262 valence electrons. The van der Waals surface area contributed by atoms with E-state index in [9.17, 15) is 0 Å². The normalized spacial score (nSPS) is 11.8. The van der Waals surface area contributed by atoms with Crippen LogP contribution in [0.25, 0.3) is 90.9 Å². The van der Waals surface area contributed by atoms with Crippen molar-refractivity contribution in [2.75, 3.05) is 21.3 Å². The van der Waals surface area contributed by atoms with Gasteiger partial charge in [-0.1, -0.05) is 91.0 Å². The molecule has 9 rings (SSSR count). The van der Waals surface area contributed by atoms with Gasteiger partial charge in [0.15, 0.2) is 11.5 Å². The summed E-state index contributed by atoms with van der Waals surface area (Å²) in [6.07, 6.45) is 8.41. The lowest BCUT2D eigenvalue weighted by atomic mass is 10.0. The summed E-state index contributed by atoms with van der Waals surface area (Å²) in [5.74, 6) is 1.65. The fraction of sp³-hybridized carbons (Fsp3) is 0.0638. The molecule has 4 aromatic carbocycles. The Bertz CT molecular complexity index is 2600. The van der Waals surface area contributed by atoms with E-state index in [1.807, 2.05) is 30.3 Å². The molecule has 0 radical (unpaired) electrons. The van der Waals surface area contributed by atoms with Gasteiger partial charge in [0.1, 0.15) is 0 Å². The summed E-state index contributed by atoms with van der Waals surface area (Å²) in [4.78, 5) is 18.3. The van der Waals surface area contributed by atoms with Gasteiger partial charge >= 0.3 is 0 Å². The Kier molecular flexibility index (Phi) is 8.36. The standard InChI is InChI=1S/C47H36N4O3/c1-52-41-27-32(28-42(53-2)47(41)54-3)46-39-25-23-37(50-39)44(30-15-9-5-10-16-30)35-21-19-33(48-35)43(29-13-7-4-8-14-29)34-20-22-36(49-34)45(31-17-11-6-12-18-31)38-24-26-40(46)51-38/h4-28,50-51H,1-3H3. The first-order valence-corrected chi connectivity index (χ1v) is 17.8. The molecule has 2 aliphatic heterocycles. The van der Waals surface area contributed by atoms with Crippen molar-refractivity contribution in [1.29, 1.82) is 0 Å². The highest BCUT2D eigenvalue weighted by atomic mass is 16.5. The summed E-state index contributed by atoms with van der Waals surface area (Å²) < 4.78 is 17.4. The summed E-state index contributed by atoms with van der Waals surface area (Å²) in [6.45, 7) is 0. The quantitative estimate of drug-likeness (QED) is 0.172. The molecule has 54 heavy (non-hydrogen) atoms. The molecule has 0 spiro atoms. The van der Waals surface area contributed by atoms with Crippen molar-refractivity contribution in [1.82, 2.24) is 19.9 Å². The molecule has 7 heteroatoms. The zero-order chi connectivity index (χ0) is 36.6. The number of hydrogen-bond donors (Lipinski definition) is 2. The van der Waals surface area contributed by atoms with E-state index in [1.54, 1.807) is 21.3 Å². The van der Waals surface area contributed by atoms with Gasteiger partial charge in [-0.3, -0.25) is 0 Å². The maximum atomic E-state index is 5.83. The van der Waals surface area contributed by atoms with Crippen LogP contribution in [0, 0.1) is 0 Å². The molecule has 0 unspecified atom stereocenters. The molecule has 0 saturated carbocycles. The Hall–Kier alpha value is -7.12. The minimum atomic E-state index is 0.527. The Morgan fingerprint density at radius 1 is 0.370 bits per heavy atom. The molecular formula is C47H36N4O3. The number of methoxy groups -OCH3 is 3. The second kappa shape index (κ2) is 13.8. The summed E-state index contributed by atoms with van der Waals surface area (Å²) in [5.41, 5.74) is 14.9. The zero-order valence-corrected chi connectivity index (χ0v) is 30.1. The minimum Gasteiger partial charge on any atom is -0.493 e. The Morgan fingerprint density at radius 2 is 0.722 bits per heavy atom. The van der Waals surface area contributed by atoms with Gasteiger partial charge in [-0.2, -0.15) is 0 Å². The van der Waals surface area contributed by atoms with Crippen molar-refractivity contribution in [2.24, 2.45) is 0 Å². The van der Waals surface area contributed by atoms with Crippen molar-refractivity contribution >= 4 is 46.4 Å². The fourth-order valence-electron chi connectivity index (χ4n) is 7.46. The molecule has 0 amide bonds. The van der Waals surface area contributed by atoms with Crippen molar-refractivity contribution in [3.8, 4) is 61.8 Å². The summed E-state index contributed by atoms with van der Waals surface area (Å²) >= 11 is 0. The summed E-state index contributed by atoms with van der Waals surface area (Å²) in [5, 5.41) is 0. The number of nitrogens with one attached hydrogen (secondary N) is 2. The smallest absolute Gasteiger partial charge is 0.203 e. The predicted molar refractivity (Wildman–Crippen MR) is 220 cm³/mol. The first-order chi connectivity index (χ1) is 26.6. The SMILES string of the molecule is COc1cc(-c2c3ccc([nH]3)c(-c3ccccc3)c3nc(c(-c4ccccc4)c4nc(c(-c5ccccc5)c5ccc2[nH]5)C=C4)C=C3)cc(OC)c1OC. The number of benzene rings is 4. The molecule has 7 aromatic rings. The van der Waals surface area contributed by atoms with Gasteiger partial charge in [-0.15, -0.1) is 0 Å². The van der Waals surface area contributed by atoms with Crippen LogP contribution in [-0.2, 0) is 0 Å². The van der Waals surface area contributed by atoms with E-state index in [0.29, 0.717) is 17.2 Å². The fourth-order valence-corrected chi connectivity index (χ4v) is 7.46. The Morgan fingerprint density at radius 3 is 1.09 bits per heavy atom. The molecule has 0 fully saturated rings. The number of H-pyrrole nitrogens is 2. The largest absolute Gasteiger partial charge is 0.493 e. The van der Waals surface area contributed by atoms with E-state index in [4.69, 9.17) is 24.2 Å². The van der Waals surface area contributed by atoms with Gasteiger partial charge in [-0.25, -0.2) is 9.97 Å². The van der Waals surface area contributed by atoms with Crippen LogP contribution in [0.3, 0.4) is 0 Å². The molecule has 7 nitrogen and oxygen atoms in total. The topological polar surface area (TPSA) is 85.1 Å². The van der Waals surface area contributed by atoms with Crippen LogP contribution in [0.1, 0.15) is 22.8 Å². The second-order valence-corrected chi connectivity index (χ2v) is 13.0. The van der Waals surface area contributed by atoms with Gasteiger partial charge in [-0.05, 0) is 83.0 Å². The lowest BCUT2D eigenvalue weighted by molar-refractivity contribution is 0.324. The van der Waals surface area contributed by atoms with Gasteiger partial charge in [0.2, 0.25) is 5.75 Å². The maximum absolute atomic E-state index is 5.83. The van der Waals surface area contributed by atoms with Crippen molar-refractivity contribution in [3.05, 3.63) is 150 Å². The summed E-state index contributed by atoms with van der Waals surface area (Å²) in [6, 6.07) is 43.6. The molecule has 2 N–H and O–H groups in total. The van der Waals surface area contributed by atoms with Crippen molar-refractivity contribution in [3.63, 3.8) is 0 Å². The number of rotatable bonds is 7. The molecule has 8 bridgehead atoms. The monoisotopic (exact) mass is 704 g/mol.